The van der Waals surface area contributed by atoms with Crippen molar-refractivity contribution in [3.63, 3.8) is 0 Å². The number of hydrogen-bond acceptors (Lipinski definition) is 4. The largest absolute Gasteiger partial charge is 0.491 e. The summed E-state index contributed by atoms with van der Waals surface area (Å²) in [6.45, 7) is 1.71. The Labute approximate surface area is 183 Å². The molecule has 0 bridgehead atoms. The summed E-state index contributed by atoms with van der Waals surface area (Å²) in [5, 5.41) is 10.7. The lowest BCUT2D eigenvalue weighted by Gasteiger charge is -2.16. The summed E-state index contributed by atoms with van der Waals surface area (Å²) in [6.07, 6.45) is -4.66. The molecule has 32 heavy (non-hydrogen) atoms. The number of nitrogens with one attached hydrogen (secondary N) is 1. The number of halogens is 3. The second kappa shape index (κ2) is 9.77. The van der Waals surface area contributed by atoms with Gasteiger partial charge in [-0.2, -0.15) is 13.2 Å². The molecule has 0 aliphatic rings. The fourth-order valence-electron chi connectivity index (χ4n) is 3.48. The van der Waals surface area contributed by atoms with E-state index < -0.39 is 30.5 Å². The lowest BCUT2D eigenvalue weighted by Crippen LogP contribution is -2.29. The molecule has 166 valence electrons. The van der Waals surface area contributed by atoms with Crippen LogP contribution in [0.2, 0.25) is 0 Å². The number of ether oxygens (including phenoxy) is 1. The summed E-state index contributed by atoms with van der Waals surface area (Å²) in [7, 11) is 0. The van der Waals surface area contributed by atoms with Crippen molar-refractivity contribution in [2.45, 2.75) is 32.4 Å². The Morgan fingerprint density at radius 2 is 1.56 bits per heavy atom. The van der Waals surface area contributed by atoms with Crippen molar-refractivity contribution in [1.82, 2.24) is 0 Å². The molecule has 0 heterocycles. The molecule has 0 saturated carbocycles. The first-order chi connectivity index (χ1) is 15.2. The molecule has 3 aromatic carbocycles. The van der Waals surface area contributed by atoms with Crippen molar-refractivity contribution in [3.05, 3.63) is 83.4 Å². The Kier molecular flexibility index (Phi) is 7.08. The molecule has 1 atom stereocenters. The summed E-state index contributed by atoms with van der Waals surface area (Å²) in [5.41, 5.74) is 2.87. The molecule has 0 fully saturated rings. The van der Waals surface area contributed by atoms with Crippen LogP contribution in [-0.2, 0) is 20.7 Å². The van der Waals surface area contributed by atoms with Crippen molar-refractivity contribution < 1.29 is 27.5 Å². The molecule has 0 saturated heterocycles. The molecule has 7 heteroatoms. The normalized spacial score (nSPS) is 12.4. The van der Waals surface area contributed by atoms with Crippen LogP contribution in [0.4, 0.5) is 13.2 Å². The molecule has 0 aromatic heterocycles. The summed E-state index contributed by atoms with van der Waals surface area (Å²) in [4.78, 5) is 22.5. The van der Waals surface area contributed by atoms with E-state index in [9.17, 15) is 22.8 Å². The van der Waals surface area contributed by atoms with E-state index >= 15 is 0 Å². The second-order valence-corrected chi connectivity index (χ2v) is 7.54. The van der Waals surface area contributed by atoms with Gasteiger partial charge >= 0.3 is 18.1 Å². The highest BCUT2D eigenvalue weighted by Gasteiger charge is 2.42. The summed E-state index contributed by atoms with van der Waals surface area (Å²) < 4.78 is 40.6. The van der Waals surface area contributed by atoms with Gasteiger partial charge in [-0.25, -0.2) is 4.79 Å². The molecule has 3 aromatic rings. The van der Waals surface area contributed by atoms with Crippen LogP contribution in [0.5, 0.6) is 0 Å². The topological polar surface area (TPSA) is 67.2 Å². The average molecular weight is 441 g/mol. The monoisotopic (exact) mass is 441 g/mol. The predicted molar refractivity (Wildman–Crippen MR) is 116 cm³/mol. The molecule has 1 N–H and O–H groups in total. The lowest BCUT2D eigenvalue weighted by molar-refractivity contribution is -0.202. The number of esters is 2. The Morgan fingerprint density at radius 3 is 2.19 bits per heavy atom. The van der Waals surface area contributed by atoms with Crippen molar-refractivity contribution in [3.8, 4) is 0 Å². The van der Waals surface area contributed by atoms with Crippen LogP contribution in [-0.4, -0.2) is 23.8 Å². The van der Waals surface area contributed by atoms with Crippen LogP contribution < -0.4 is 0 Å². The zero-order valence-corrected chi connectivity index (χ0v) is 17.4. The lowest BCUT2D eigenvalue weighted by atomic mass is 9.90. The third kappa shape index (κ3) is 5.81. The van der Waals surface area contributed by atoms with E-state index in [2.05, 4.69) is 35.1 Å². The van der Waals surface area contributed by atoms with Gasteiger partial charge in [0.1, 0.15) is 0 Å². The summed E-state index contributed by atoms with van der Waals surface area (Å²) >= 11 is 0. The SMILES string of the molecule is CC[C@@H](CC(=O)OC(=O)C(F)(F)F)C(=N)c1ccc(Cc2ccc3ccccc3c2)cc1. The van der Waals surface area contributed by atoms with E-state index in [1.54, 1.807) is 19.1 Å². The van der Waals surface area contributed by atoms with Crippen LogP contribution in [0.1, 0.15) is 36.5 Å². The van der Waals surface area contributed by atoms with E-state index in [-0.39, 0.29) is 5.71 Å². The van der Waals surface area contributed by atoms with Gasteiger partial charge in [0.15, 0.2) is 0 Å². The third-order valence-electron chi connectivity index (χ3n) is 5.24. The van der Waals surface area contributed by atoms with Gasteiger partial charge in [0.2, 0.25) is 0 Å². The van der Waals surface area contributed by atoms with Gasteiger partial charge in [-0.1, -0.05) is 73.7 Å². The average Bonchev–Trinajstić information content (AvgIpc) is 2.76. The van der Waals surface area contributed by atoms with Crippen LogP contribution in [0.25, 0.3) is 10.8 Å². The van der Waals surface area contributed by atoms with Gasteiger partial charge < -0.3 is 10.1 Å². The number of fused-ring (bicyclic) bond motifs is 1. The second-order valence-electron chi connectivity index (χ2n) is 7.54. The first kappa shape index (κ1) is 23.2. The maximum atomic E-state index is 12.3. The van der Waals surface area contributed by atoms with Gasteiger partial charge in [-0.15, -0.1) is 0 Å². The fraction of sp³-hybridized carbons (Fsp3) is 0.240. The molecular weight excluding hydrogens is 419 g/mol. The van der Waals surface area contributed by atoms with E-state index in [0.29, 0.717) is 18.4 Å². The van der Waals surface area contributed by atoms with Gasteiger partial charge in [-0.3, -0.25) is 4.79 Å². The number of carbonyl (C=O) groups is 2. The standard InChI is InChI=1S/C25H22F3NO3/c1-2-18(15-22(30)32-24(31)25(26,27)28)23(29)20-11-7-16(8-12-20)13-17-9-10-19-5-3-4-6-21(19)14-17/h3-12,14,18,29H,2,13,15H2,1H3/t18-/m0/s1. The van der Waals surface area contributed by atoms with Crippen molar-refractivity contribution in [2.75, 3.05) is 0 Å². The molecule has 3 rings (SSSR count). The highest BCUT2D eigenvalue weighted by atomic mass is 19.4. The highest BCUT2D eigenvalue weighted by Crippen LogP contribution is 2.22. The zero-order valence-electron chi connectivity index (χ0n) is 17.4. The molecule has 4 nitrogen and oxygen atoms in total. The molecular formula is C25H22F3NO3. The summed E-state index contributed by atoms with van der Waals surface area (Å²) in [5.74, 6) is -4.49. The molecule has 0 radical (unpaired) electrons. The first-order valence-corrected chi connectivity index (χ1v) is 10.1. The van der Waals surface area contributed by atoms with Gasteiger partial charge in [0.05, 0.1) is 6.42 Å². The molecule has 0 spiro atoms. The fourth-order valence-corrected chi connectivity index (χ4v) is 3.48. The van der Waals surface area contributed by atoms with Crippen LogP contribution in [0.15, 0.2) is 66.7 Å². The zero-order chi connectivity index (χ0) is 23.3. The summed E-state index contributed by atoms with van der Waals surface area (Å²) in [6, 6.07) is 21.7. The number of hydrogen-bond donors (Lipinski definition) is 1. The smallest absolute Gasteiger partial charge is 0.386 e. The third-order valence-corrected chi connectivity index (χ3v) is 5.24. The van der Waals surface area contributed by atoms with Gasteiger partial charge in [0, 0.05) is 11.6 Å². The number of rotatable bonds is 7. The van der Waals surface area contributed by atoms with Crippen molar-refractivity contribution in [2.24, 2.45) is 5.92 Å². The van der Waals surface area contributed by atoms with Crippen molar-refractivity contribution in [1.29, 1.82) is 5.41 Å². The number of benzene rings is 3. The maximum absolute atomic E-state index is 12.3. The molecule has 0 unspecified atom stereocenters. The Bertz CT molecular complexity index is 1140. The van der Waals surface area contributed by atoms with Crippen LogP contribution >= 0.6 is 0 Å². The molecule has 0 aliphatic heterocycles. The molecule has 0 aliphatic carbocycles. The Balaban J connectivity index is 1.64. The van der Waals surface area contributed by atoms with E-state index in [4.69, 9.17) is 5.41 Å². The number of carbonyl (C=O) groups excluding carboxylic acids is 2. The molecule has 0 amide bonds. The minimum Gasteiger partial charge on any atom is -0.386 e. The van der Waals surface area contributed by atoms with Crippen LogP contribution in [0.3, 0.4) is 0 Å². The maximum Gasteiger partial charge on any atom is 0.491 e. The highest BCUT2D eigenvalue weighted by molar-refractivity contribution is 6.02. The van der Waals surface area contributed by atoms with E-state index in [0.717, 1.165) is 16.5 Å². The van der Waals surface area contributed by atoms with Crippen LogP contribution in [0, 0.1) is 11.3 Å². The minimum atomic E-state index is -5.23. The Hall–Kier alpha value is -3.48. The predicted octanol–water partition coefficient (Wildman–Crippen LogP) is 5.85. The Morgan fingerprint density at radius 1 is 0.938 bits per heavy atom. The van der Waals surface area contributed by atoms with Gasteiger partial charge in [-0.05, 0) is 40.3 Å². The van der Waals surface area contributed by atoms with E-state index in [1.807, 2.05) is 24.3 Å². The minimum absolute atomic E-state index is 0.112. The van der Waals surface area contributed by atoms with Crippen molar-refractivity contribution >= 4 is 28.4 Å². The first-order valence-electron chi connectivity index (χ1n) is 10.1. The van der Waals surface area contributed by atoms with Gasteiger partial charge in [0.25, 0.3) is 0 Å². The van der Waals surface area contributed by atoms with E-state index in [1.165, 1.54) is 5.39 Å². The number of alkyl halides is 3. The quantitative estimate of drug-likeness (QED) is 0.284.